The van der Waals surface area contributed by atoms with Crippen molar-refractivity contribution in [3.63, 3.8) is 0 Å². The third kappa shape index (κ3) is 4.81. The number of allylic oxidation sites excluding steroid dienone is 1. The first-order valence-electron chi connectivity index (χ1n) is 11.3. The molecule has 1 aliphatic rings. The van der Waals surface area contributed by atoms with Crippen LogP contribution in [-0.4, -0.2) is 27.6 Å². The van der Waals surface area contributed by atoms with Crippen LogP contribution in [0.3, 0.4) is 0 Å². The van der Waals surface area contributed by atoms with E-state index in [1.54, 1.807) is 17.0 Å². The Morgan fingerprint density at radius 1 is 1.06 bits per heavy atom. The molecule has 0 saturated heterocycles. The van der Waals surface area contributed by atoms with Crippen molar-refractivity contribution >= 4 is 23.2 Å². The first-order chi connectivity index (χ1) is 15.9. The number of amides is 2. The van der Waals surface area contributed by atoms with Crippen LogP contribution in [0.25, 0.3) is 17.0 Å². The van der Waals surface area contributed by atoms with E-state index in [1.807, 2.05) is 25.1 Å². The van der Waals surface area contributed by atoms with Gasteiger partial charge in [0.15, 0.2) is 0 Å². The van der Waals surface area contributed by atoms with E-state index in [1.165, 1.54) is 5.56 Å². The number of rotatable bonds is 7. The summed E-state index contributed by atoms with van der Waals surface area (Å²) < 4.78 is 5.74. The van der Waals surface area contributed by atoms with E-state index < -0.39 is 0 Å². The second-order valence-electron chi connectivity index (χ2n) is 8.51. The molecule has 0 fully saturated rings. The second kappa shape index (κ2) is 9.79. The van der Waals surface area contributed by atoms with Gasteiger partial charge in [-0.25, -0.2) is 4.79 Å². The molecule has 1 aromatic heterocycles. The van der Waals surface area contributed by atoms with Gasteiger partial charge in [-0.15, -0.1) is 0 Å². The second-order valence-corrected chi connectivity index (χ2v) is 8.95. The minimum Gasteiger partial charge on any atom is -0.334 e. The first kappa shape index (κ1) is 23.1. The molecule has 1 N–H and O–H groups in total. The number of carbonyl (C=O) groups excluding carboxylic acids is 1. The average molecular weight is 465 g/mol. The third-order valence-corrected chi connectivity index (χ3v) is 6.46. The first-order valence-corrected chi connectivity index (χ1v) is 11.7. The van der Waals surface area contributed by atoms with E-state index >= 15 is 0 Å². The Hall–Kier alpha value is -3.12. The van der Waals surface area contributed by atoms with Crippen molar-refractivity contribution in [1.29, 1.82) is 0 Å². The zero-order valence-electron chi connectivity index (χ0n) is 19.5. The highest BCUT2D eigenvalue weighted by atomic mass is 35.5. The molecule has 2 heterocycles. The summed E-state index contributed by atoms with van der Waals surface area (Å²) in [5, 5.41) is 8.03. The van der Waals surface area contributed by atoms with Crippen molar-refractivity contribution in [2.45, 2.75) is 53.0 Å². The molecule has 33 heavy (non-hydrogen) atoms. The predicted octanol–water partition coefficient (Wildman–Crippen LogP) is 6.69. The Morgan fingerprint density at radius 3 is 2.52 bits per heavy atom. The van der Waals surface area contributed by atoms with Gasteiger partial charge in [-0.3, -0.25) is 4.90 Å². The number of aryl methyl sites for hydroxylation is 2. The van der Waals surface area contributed by atoms with Gasteiger partial charge in [-0.2, -0.15) is 4.98 Å². The van der Waals surface area contributed by atoms with Crippen LogP contribution >= 0.6 is 11.6 Å². The molecular weight excluding hydrogens is 436 g/mol. The Morgan fingerprint density at radius 2 is 1.82 bits per heavy atom. The van der Waals surface area contributed by atoms with E-state index in [0.717, 1.165) is 47.2 Å². The fourth-order valence-corrected chi connectivity index (χ4v) is 4.22. The van der Waals surface area contributed by atoms with Crippen LogP contribution in [0, 0.1) is 13.8 Å². The standard InChI is InChI=1S/C26H29ClN4O2/c1-5-6-7-14-31-18(4)22(23(28-26(31)32)20-9-8-16(2)17(3)15-20)25-29-24(30-33-25)19-10-12-21(27)13-11-19/h8-13,15,23H,5-7,14H2,1-4H3,(H,28,32). The van der Waals surface area contributed by atoms with Gasteiger partial charge in [-0.05, 0) is 68.1 Å². The van der Waals surface area contributed by atoms with Crippen LogP contribution in [0.15, 0.2) is 52.7 Å². The molecule has 7 heteroatoms. The normalized spacial score (nSPS) is 16.3. The van der Waals surface area contributed by atoms with E-state index in [2.05, 4.69) is 43.4 Å². The largest absolute Gasteiger partial charge is 0.334 e. The molecule has 0 saturated carbocycles. The molecule has 172 valence electrons. The van der Waals surface area contributed by atoms with Gasteiger partial charge in [-0.1, -0.05) is 54.7 Å². The van der Waals surface area contributed by atoms with Crippen molar-refractivity contribution in [3.05, 3.63) is 75.8 Å². The van der Waals surface area contributed by atoms with Gasteiger partial charge < -0.3 is 9.84 Å². The highest BCUT2D eigenvalue weighted by Crippen LogP contribution is 2.38. The summed E-state index contributed by atoms with van der Waals surface area (Å²) in [4.78, 5) is 19.6. The molecular formula is C26H29ClN4O2. The number of nitrogens with one attached hydrogen (secondary N) is 1. The summed E-state index contributed by atoms with van der Waals surface area (Å²) in [6, 6.07) is 13.1. The van der Waals surface area contributed by atoms with Crippen LogP contribution in [0.1, 0.15) is 61.7 Å². The number of hydrogen-bond acceptors (Lipinski definition) is 4. The molecule has 1 aliphatic heterocycles. The summed E-state index contributed by atoms with van der Waals surface area (Å²) in [5.74, 6) is 0.886. The van der Waals surface area contributed by atoms with Gasteiger partial charge in [0, 0.05) is 22.8 Å². The summed E-state index contributed by atoms with van der Waals surface area (Å²) in [6.07, 6.45) is 3.08. The fraction of sp³-hybridized carbons (Fsp3) is 0.346. The highest BCUT2D eigenvalue weighted by Gasteiger charge is 2.35. The quantitative estimate of drug-likeness (QED) is 0.395. The third-order valence-electron chi connectivity index (χ3n) is 6.20. The van der Waals surface area contributed by atoms with E-state index in [9.17, 15) is 4.79 Å². The minimum absolute atomic E-state index is 0.104. The molecule has 2 amide bonds. The lowest BCUT2D eigenvalue weighted by Gasteiger charge is -2.35. The molecule has 0 spiro atoms. The van der Waals surface area contributed by atoms with Crippen LogP contribution in [0.2, 0.25) is 5.02 Å². The Labute approximate surface area is 199 Å². The lowest BCUT2D eigenvalue weighted by Crippen LogP contribution is -2.46. The Balaban J connectivity index is 1.78. The lowest BCUT2D eigenvalue weighted by atomic mass is 9.92. The topological polar surface area (TPSA) is 71.3 Å². The van der Waals surface area contributed by atoms with Gasteiger partial charge in [0.25, 0.3) is 5.89 Å². The summed E-state index contributed by atoms with van der Waals surface area (Å²) >= 11 is 6.02. The van der Waals surface area contributed by atoms with Crippen molar-refractivity contribution in [1.82, 2.24) is 20.4 Å². The minimum atomic E-state index is -0.377. The van der Waals surface area contributed by atoms with E-state index in [-0.39, 0.29) is 12.1 Å². The van der Waals surface area contributed by atoms with Gasteiger partial charge in [0.2, 0.25) is 5.82 Å². The number of carbonyl (C=O) groups is 1. The number of hydrogen-bond donors (Lipinski definition) is 1. The van der Waals surface area contributed by atoms with Crippen molar-refractivity contribution < 1.29 is 9.32 Å². The zero-order chi connectivity index (χ0) is 23.5. The molecule has 1 atom stereocenters. The summed E-state index contributed by atoms with van der Waals surface area (Å²) in [5.41, 5.74) is 5.82. The fourth-order valence-electron chi connectivity index (χ4n) is 4.09. The molecule has 3 aromatic rings. The molecule has 2 aromatic carbocycles. The number of aromatic nitrogens is 2. The van der Waals surface area contributed by atoms with Gasteiger partial charge >= 0.3 is 6.03 Å². The molecule has 0 aliphatic carbocycles. The molecule has 1 unspecified atom stereocenters. The molecule has 0 bridgehead atoms. The summed E-state index contributed by atoms with van der Waals surface area (Å²) in [6.45, 7) is 8.90. The average Bonchev–Trinajstić information content (AvgIpc) is 3.27. The number of halogens is 1. The number of nitrogens with zero attached hydrogens (tertiary/aromatic N) is 3. The predicted molar refractivity (Wildman–Crippen MR) is 131 cm³/mol. The molecule has 0 radical (unpaired) electrons. The Bertz CT molecular complexity index is 1180. The number of benzene rings is 2. The number of unbranched alkanes of at least 4 members (excludes halogenated alkanes) is 2. The molecule has 6 nitrogen and oxygen atoms in total. The van der Waals surface area contributed by atoms with Crippen LogP contribution in [0.4, 0.5) is 4.79 Å². The monoisotopic (exact) mass is 464 g/mol. The van der Waals surface area contributed by atoms with Crippen LogP contribution < -0.4 is 5.32 Å². The highest BCUT2D eigenvalue weighted by molar-refractivity contribution is 6.30. The summed E-state index contributed by atoms with van der Waals surface area (Å²) in [7, 11) is 0. The number of urea groups is 1. The van der Waals surface area contributed by atoms with Crippen molar-refractivity contribution in [2.24, 2.45) is 0 Å². The lowest BCUT2D eigenvalue weighted by molar-refractivity contribution is 0.204. The maximum atomic E-state index is 13.1. The van der Waals surface area contributed by atoms with Gasteiger partial charge in [0.1, 0.15) is 0 Å². The van der Waals surface area contributed by atoms with Gasteiger partial charge in [0.05, 0.1) is 11.6 Å². The van der Waals surface area contributed by atoms with E-state index in [0.29, 0.717) is 23.3 Å². The van der Waals surface area contributed by atoms with Crippen molar-refractivity contribution in [3.8, 4) is 11.4 Å². The Kier molecular flexibility index (Phi) is 6.84. The molecule has 4 rings (SSSR count). The van der Waals surface area contributed by atoms with Crippen LogP contribution in [-0.2, 0) is 0 Å². The van der Waals surface area contributed by atoms with Crippen molar-refractivity contribution in [2.75, 3.05) is 6.54 Å². The SMILES string of the molecule is CCCCCN1C(=O)NC(c2ccc(C)c(C)c2)C(c2nc(-c3ccc(Cl)cc3)no2)=C1C. The maximum absolute atomic E-state index is 13.1. The zero-order valence-corrected chi connectivity index (χ0v) is 20.2. The van der Waals surface area contributed by atoms with E-state index in [4.69, 9.17) is 21.1 Å². The van der Waals surface area contributed by atoms with Crippen LogP contribution in [0.5, 0.6) is 0 Å². The smallest absolute Gasteiger partial charge is 0.322 e. The maximum Gasteiger partial charge on any atom is 0.322 e.